The van der Waals surface area contributed by atoms with Gasteiger partial charge in [0.1, 0.15) is 33.1 Å². The fraction of sp³-hybridized carbons (Fsp3) is 0.308. The van der Waals surface area contributed by atoms with E-state index in [1.807, 2.05) is 13.8 Å². The van der Waals surface area contributed by atoms with E-state index in [-0.39, 0.29) is 66.6 Å². The zero-order valence-corrected chi connectivity index (χ0v) is 24.8. The molecule has 0 atom stereocenters. The van der Waals surface area contributed by atoms with Crippen LogP contribution in [0, 0.1) is 0 Å². The second-order valence-electron chi connectivity index (χ2n) is 9.90. The van der Waals surface area contributed by atoms with Gasteiger partial charge in [0.05, 0.1) is 0 Å². The molecule has 0 unspecified atom stereocenters. The summed E-state index contributed by atoms with van der Waals surface area (Å²) in [4.78, 5) is 105. The Kier molecular flexibility index (Phi) is 5.95. The van der Waals surface area contributed by atoms with Gasteiger partial charge in [0.25, 0.3) is 16.7 Å². The van der Waals surface area contributed by atoms with Crippen molar-refractivity contribution in [3.8, 4) is 0 Å². The molecule has 6 heterocycles. The van der Waals surface area contributed by atoms with Crippen molar-refractivity contribution >= 4 is 66.6 Å². The minimum atomic E-state index is -0.726. The van der Waals surface area contributed by atoms with Crippen molar-refractivity contribution in [3.63, 3.8) is 0 Å². The summed E-state index contributed by atoms with van der Waals surface area (Å²) >= 11 is 0. The van der Waals surface area contributed by atoms with Crippen molar-refractivity contribution in [1.82, 2.24) is 57.3 Å². The molecule has 0 N–H and O–H groups in total. The molecule has 0 bridgehead atoms. The van der Waals surface area contributed by atoms with Crippen molar-refractivity contribution in [3.05, 3.63) is 62.5 Å². The van der Waals surface area contributed by atoms with E-state index in [4.69, 9.17) is 0 Å². The minimum Gasteiger partial charge on any atom is -0.279 e. The van der Waals surface area contributed by atoms with Crippen molar-refractivity contribution in [2.24, 2.45) is 42.3 Å². The number of nitrogens with zero attached hydrogens (tertiary/aromatic N) is 12. The third-order valence-corrected chi connectivity index (χ3v) is 7.50. The van der Waals surface area contributed by atoms with Crippen LogP contribution in [0.5, 0.6) is 0 Å². The summed E-state index contributed by atoms with van der Waals surface area (Å²) < 4.78 is 6.02. The zero-order valence-electron chi connectivity index (χ0n) is 24.8. The molecule has 7 aromatic rings. The summed E-state index contributed by atoms with van der Waals surface area (Å²) in [6.07, 6.45) is 0. The Balaban J connectivity index is 0.00000168. The molecule has 18 heteroatoms. The fourth-order valence-electron chi connectivity index (χ4n) is 5.09. The van der Waals surface area contributed by atoms with Gasteiger partial charge in [-0.05, 0) is 0 Å². The van der Waals surface area contributed by atoms with Gasteiger partial charge in [0.2, 0.25) is 0 Å². The standard InChI is InChI=1S/C24H18N12O6.C2H6/c1-31-16-13(19(37)34(4)22(31)40)25-7-8-11(29-17-14(26-8)20(38)35(5)23(41)32(17)2)12-9(10(7)28-16)27-15-18(30-12)33(3)24(42)36(6)21(15)39;1-2/h1-6H3;1-2H3. The Morgan fingerprint density at radius 2 is 0.523 bits per heavy atom. The average Bonchev–Trinajstić information content (AvgIpc) is 3.05. The predicted octanol–water partition coefficient (Wildman–Crippen LogP) is -1.81. The molecule has 224 valence electrons. The zero-order chi connectivity index (χ0) is 32.1. The van der Waals surface area contributed by atoms with Crippen LogP contribution in [0.1, 0.15) is 13.8 Å². The van der Waals surface area contributed by atoms with Gasteiger partial charge >= 0.3 is 17.1 Å². The van der Waals surface area contributed by atoms with Gasteiger partial charge in [0, 0.05) is 42.3 Å². The first-order valence-corrected chi connectivity index (χ1v) is 13.3. The monoisotopic (exact) mass is 600 g/mol. The normalized spacial score (nSPS) is 11.7. The van der Waals surface area contributed by atoms with Gasteiger partial charge in [-0.25, -0.2) is 44.3 Å². The van der Waals surface area contributed by atoms with Crippen molar-refractivity contribution < 1.29 is 0 Å². The molecular formula is C26H24N12O6. The summed E-state index contributed by atoms with van der Waals surface area (Å²) in [5.41, 5.74) is -4.78. The molecular weight excluding hydrogens is 576 g/mol. The summed E-state index contributed by atoms with van der Waals surface area (Å²) in [6.45, 7) is 4.00. The second kappa shape index (κ2) is 9.28. The number of hydrogen-bond donors (Lipinski definition) is 0. The molecule has 0 saturated heterocycles. The SMILES string of the molecule is CC.Cn1c(=O)c2nc3c4nc5c(=O)n(C)c(=O)n(C)c5nc4c4nc5c(nc4c3nc2n(C)c1=O)c(=O)n(C)c(=O)n5C. The molecule has 6 aromatic heterocycles. The summed E-state index contributed by atoms with van der Waals surface area (Å²) in [7, 11) is 8.14. The van der Waals surface area contributed by atoms with Gasteiger partial charge in [-0.1, -0.05) is 13.8 Å². The Labute approximate surface area is 242 Å². The maximum absolute atomic E-state index is 13.1. The van der Waals surface area contributed by atoms with E-state index in [1.54, 1.807) is 0 Å². The Morgan fingerprint density at radius 1 is 0.318 bits per heavy atom. The van der Waals surface area contributed by atoms with E-state index >= 15 is 0 Å². The number of fused-ring (bicyclic) bond motifs is 9. The van der Waals surface area contributed by atoms with E-state index in [0.717, 1.165) is 27.4 Å². The molecule has 0 saturated carbocycles. The molecule has 0 aliphatic heterocycles. The molecule has 0 spiro atoms. The third kappa shape index (κ3) is 3.41. The molecule has 0 amide bonds. The lowest BCUT2D eigenvalue weighted by Crippen LogP contribution is -2.38. The van der Waals surface area contributed by atoms with Crippen LogP contribution in [-0.4, -0.2) is 57.3 Å². The van der Waals surface area contributed by atoms with Crippen molar-refractivity contribution in [1.29, 1.82) is 0 Å². The summed E-state index contributed by atoms with van der Waals surface area (Å²) in [6, 6.07) is 0. The van der Waals surface area contributed by atoms with E-state index < -0.39 is 33.7 Å². The number of aryl methyl sites for hydroxylation is 3. The van der Waals surface area contributed by atoms with Crippen LogP contribution < -0.4 is 33.7 Å². The Hall–Kier alpha value is -5.94. The third-order valence-electron chi connectivity index (χ3n) is 7.50. The lowest BCUT2D eigenvalue weighted by Gasteiger charge is -2.13. The molecule has 18 nitrogen and oxygen atoms in total. The lowest BCUT2D eigenvalue weighted by atomic mass is 10.1. The second-order valence-corrected chi connectivity index (χ2v) is 9.90. The molecule has 0 radical (unpaired) electrons. The molecule has 7 rings (SSSR count). The Bertz CT molecular complexity index is 2840. The van der Waals surface area contributed by atoms with Gasteiger partial charge in [-0.15, -0.1) is 0 Å². The molecule has 0 fully saturated rings. The van der Waals surface area contributed by atoms with Crippen LogP contribution in [0.15, 0.2) is 28.8 Å². The van der Waals surface area contributed by atoms with E-state index in [9.17, 15) is 28.8 Å². The van der Waals surface area contributed by atoms with E-state index in [1.165, 1.54) is 42.3 Å². The molecule has 0 aliphatic carbocycles. The van der Waals surface area contributed by atoms with E-state index in [2.05, 4.69) is 29.9 Å². The van der Waals surface area contributed by atoms with Gasteiger partial charge in [-0.2, -0.15) is 0 Å². The quantitative estimate of drug-likeness (QED) is 0.139. The smallest absolute Gasteiger partial charge is 0.279 e. The maximum atomic E-state index is 13.1. The van der Waals surface area contributed by atoms with Crippen LogP contribution in [-0.2, 0) is 42.3 Å². The lowest BCUT2D eigenvalue weighted by molar-refractivity contribution is 0.705. The molecule has 0 aliphatic rings. The summed E-state index contributed by atoms with van der Waals surface area (Å²) in [5.74, 6) is 0. The fourth-order valence-corrected chi connectivity index (χ4v) is 5.09. The highest BCUT2D eigenvalue weighted by atomic mass is 16.2. The number of hydrogen-bond acceptors (Lipinski definition) is 12. The number of benzene rings is 1. The van der Waals surface area contributed by atoms with Crippen LogP contribution in [0.3, 0.4) is 0 Å². The van der Waals surface area contributed by atoms with Crippen molar-refractivity contribution in [2.75, 3.05) is 0 Å². The maximum Gasteiger partial charge on any atom is 0.332 e. The average molecular weight is 601 g/mol. The topological polar surface area (TPSA) is 209 Å². The highest BCUT2D eigenvalue weighted by Crippen LogP contribution is 2.31. The van der Waals surface area contributed by atoms with Gasteiger partial charge < -0.3 is 0 Å². The van der Waals surface area contributed by atoms with Crippen LogP contribution in [0.25, 0.3) is 66.6 Å². The van der Waals surface area contributed by atoms with Crippen LogP contribution in [0.2, 0.25) is 0 Å². The number of aromatic nitrogens is 12. The first kappa shape index (κ1) is 28.2. The first-order chi connectivity index (χ1) is 20.8. The van der Waals surface area contributed by atoms with Crippen molar-refractivity contribution in [2.45, 2.75) is 13.8 Å². The van der Waals surface area contributed by atoms with Crippen LogP contribution >= 0.6 is 0 Å². The summed E-state index contributed by atoms with van der Waals surface area (Å²) in [5, 5.41) is 0. The largest absolute Gasteiger partial charge is 0.332 e. The predicted molar refractivity (Wildman–Crippen MR) is 161 cm³/mol. The molecule has 1 aromatic carbocycles. The van der Waals surface area contributed by atoms with Crippen LogP contribution in [0.4, 0.5) is 0 Å². The first-order valence-electron chi connectivity index (χ1n) is 13.3. The van der Waals surface area contributed by atoms with Gasteiger partial charge in [-0.3, -0.25) is 41.8 Å². The molecule has 44 heavy (non-hydrogen) atoms. The van der Waals surface area contributed by atoms with Gasteiger partial charge in [0.15, 0.2) is 33.5 Å². The Morgan fingerprint density at radius 3 is 0.750 bits per heavy atom. The van der Waals surface area contributed by atoms with E-state index in [0.29, 0.717) is 0 Å². The highest BCUT2D eigenvalue weighted by molar-refractivity contribution is 6.20. The minimum absolute atomic E-state index is 0.00533. The number of rotatable bonds is 0. The highest BCUT2D eigenvalue weighted by Gasteiger charge is 2.24.